The smallest absolute Gasteiger partial charge is 0.261 e. The lowest BCUT2D eigenvalue weighted by atomic mass is 9.93. The minimum absolute atomic E-state index is 0.0892. The lowest BCUT2D eigenvalue weighted by Crippen LogP contribution is -2.34. The number of carbonyl (C=O) groups is 1. The number of hydrogen-bond donors (Lipinski definition) is 2. The third kappa shape index (κ3) is 2.77. The summed E-state index contributed by atoms with van der Waals surface area (Å²) in [5, 5.41) is 7.24. The fraction of sp³-hybridized carbons (Fsp3) is 0.278. The molecule has 1 aliphatic carbocycles. The van der Waals surface area contributed by atoms with E-state index in [0.717, 1.165) is 30.5 Å². The second-order valence-electron chi connectivity index (χ2n) is 6.18. The number of pyridine rings is 1. The van der Waals surface area contributed by atoms with Crippen LogP contribution >= 0.6 is 0 Å². The van der Waals surface area contributed by atoms with Crippen molar-refractivity contribution in [3.05, 3.63) is 63.9 Å². The molecular formula is C18H18N4O3. The summed E-state index contributed by atoms with van der Waals surface area (Å²) in [7, 11) is 1.90. The number of fused-ring (bicyclic) bond motifs is 1. The van der Waals surface area contributed by atoms with E-state index in [2.05, 4.69) is 15.4 Å². The minimum Gasteiger partial charge on any atom is -0.463 e. The summed E-state index contributed by atoms with van der Waals surface area (Å²) in [6, 6.07) is 6.57. The molecule has 0 spiro atoms. The predicted molar refractivity (Wildman–Crippen MR) is 91.1 cm³/mol. The monoisotopic (exact) mass is 338 g/mol. The zero-order valence-electron chi connectivity index (χ0n) is 13.8. The van der Waals surface area contributed by atoms with Gasteiger partial charge >= 0.3 is 0 Å². The highest BCUT2D eigenvalue weighted by molar-refractivity contribution is 5.94. The second-order valence-corrected chi connectivity index (χ2v) is 6.18. The van der Waals surface area contributed by atoms with Crippen molar-refractivity contribution in [3.8, 4) is 11.5 Å². The Hall–Kier alpha value is -3.09. The fourth-order valence-corrected chi connectivity index (χ4v) is 3.32. The normalized spacial score (nSPS) is 16.4. The summed E-state index contributed by atoms with van der Waals surface area (Å²) < 4.78 is 7.10. The van der Waals surface area contributed by atoms with Crippen molar-refractivity contribution in [1.82, 2.24) is 20.1 Å². The standard InChI is InChI=1S/C18H18N4O3/c1-22-15-5-2-4-13(12(15)10-19-22)20-17(23)11-7-8-14(21-18(11)24)16-6-3-9-25-16/h3,6-10,13H,2,4-5H2,1H3,(H,20,23)(H,21,24)/t13-/m0/s1. The van der Waals surface area contributed by atoms with E-state index < -0.39 is 5.56 Å². The molecule has 7 nitrogen and oxygen atoms in total. The minimum atomic E-state index is -0.436. The maximum atomic E-state index is 12.6. The van der Waals surface area contributed by atoms with Crippen molar-refractivity contribution in [2.75, 3.05) is 0 Å². The molecule has 0 aliphatic heterocycles. The van der Waals surface area contributed by atoms with E-state index in [1.54, 1.807) is 24.4 Å². The van der Waals surface area contributed by atoms with Gasteiger partial charge in [-0.15, -0.1) is 0 Å². The van der Waals surface area contributed by atoms with Gasteiger partial charge in [0, 0.05) is 18.3 Å². The molecule has 0 bridgehead atoms. The first kappa shape index (κ1) is 15.4. The molecule has 1 atom stereocenters. The van der Waals surface area contributed by atoms with Crippen LogP contribution in [0, 0.1) is 0 Å². The molecule has 0 fully saturated rings. The molecule has 25 heavy (non-hydrogen) atoms. The van der Waals surface area contributed by atoms with Gasteiger partial charge in [-0.05, 0) is 43.5 Å². The highest BCUT2D eigenvalue weighted by atomic mass is 16.3. The van der Waals surface area contributed by atoms with Crippen molar-refractivity contribution in [2.45, 2.75) is 25.3 Å². The van der Waals surface area contributed by atoms with Gasteiger partial charge in [0.25, 0.3) is 11.5 Å². The highest BCUT2D eigenvalue weighted by Crippen LogP contribution is 2.29. The van der Waals surface area contributed by atoms with Crippen LogP contribution < -0.4 is 10.9 Å². The first-order valence-electron chi connectivity index (χ1n) is 8.22. The van der Waals surface area contributed by atoms with Crippen LogP contribution in [0.15, 0.2) is 45.9 Å². The fourth-order valence-electron chi connectivity index (χ4n) is 3.32. The van der Waals surface area contributed by atoms with E-state index in [9.17, 15) is 9.59 Å². The SMILES string of the molecule is Cn1ncc2c1CCC[C@@H]2NC(=O)c1ccc(-c2ccco2)[nH]c1=O. The summed E-state index contributed by atoms with van der Waals surface area (Å²) >= 11 is 0. The van der Waals surface area contributed by atoms with Gasteiger partial charge in [0.15, 0.2) is 0 Å². The second kappa shape index (κ2) is 6.08. The molecule has 0 saturated heterocycles. The molecule has 2 N–H and O–H groups in total. The number of nitrogens with one attached hydrogen (secondary N) is 2. The van der Waals surface area contributed by atoms with Crippen molar-refractivity contribution < 1.29 is 9.21 Å². The number of hydrogen-bond acceptors (Lipinski definition) is 4. The number of furan rings is 1. The van der Waals surface area contributed by atoms with Gasteiger partial charge in [-0.3, -0.25) is 14.3 Å². The van der Waals surface area contributed by atoms with Crippen molar-refractivity contribution in [3.63, 3.8) is 0 Å². The summed E-state index contributed by atoms with van der Waals surface area (Å²) in [5.74, 6) is 0.172. The Morgan fingerprint density at radius 2 is 2.28 bits per heavy atom. The average Bonchev–Trinajstić information content (AvgIpc) is 3.26. The lowest BCUT2D eigenvalue weighted by Gasteiger charge is -2.23. The first-order valence-corrected chi connectivity index (χ1v) is 8.22. The lowest BCUT2D eigenvalue weighted by molar-refractivity contribution is 0.0931. The summed E-state index contributed by atoms with van der Waals surface area (Å²) in [5.41, 5.74) is 2.36. The Balaban J connectivity index is 1.57. The van der Waals surface area contributed by atoms with Crippen LogP contribution in [0.3, 0.4) is 0 Å². The summed E-state index contributed by atoms with van der Waals surface area (Å²) in [6.45, 7) is 0. The molecule has 128 valence electrons. The molecule has 7 heteroatoms. The van der Waals surface area contributed by atoms with Crippen LogP contribution in [0.5, 0.6) is 0 Å². The molecule has 3 aromatic rings. The van der Waals surface area contributed by atoms with E-state index >= 15 is 0 Å². The highest BCUT2D eigenvalue weighted by Gasteiger charge is 2.25. The molecule has 3 heterocycles. The number of aromatic nitrogens is 3. The van der Waals surface area contributed by atoms with Crippen molar-refractivity contribution >= 4 is 5.91 Å². The number of rotatable bonds is 3. The maximum absolute atomic E-state index is 12.6. The van der Waals surface area contributed by atoms with Crippen LogP contribution in [0.1, 0.15) is 40.5 Å². The van der Waals surface area contributed by atoms with E-state index in [1.807, 2.05) is 11.7 Å². The Kier molecular flexibility index (Phi) is 3.76. The molecule has 1 aliphatic rings. The third-order valence-corrected chi connectivity index (χ3v) is 4.62. The zero-order valence-corrected chi connectivity index (χ0v) is 13.8. The van der Waals surface area contributed by atoms with Gasteiger partial charge in [-0.25, -0.2) is 0 Å². The molecule has 3 aromatic heterocycles. The molecule has 0 aromatic carbocycles. The summed E-state index contributed by atoms with van der Waals surface area (Å²) in [6.07, 6.45) is 6.10. The molecule has 1 amide bonds. The van der Waals surface area contributed by atoms with Crippen LogP contribution in [-0.4, -0.2) is 20.7 Å². The molecule has 0 radical (unpaired) electrons. The number of H-pyrrole nitrogens is 1. The number of aryl methyl sites for hydroxylation is 1. The quantitative estimate of drug-likeness (QED) is 0.765. The number of aromatic amines is 1. The van der Waals surface area contributed by atoms with Gasteiger partial charge in [0.05, 0.1) is 24.2 Å². The Morgan fingerprint density at radius 1 is 1.40 bits per heavy atom. The zero-order chi connectivity index (χ0) is 17.4. The molecular weight excluding hydrogens is 320 g/mol. The van der Waals surface area contributed by atoms with Crippen LogP contribution in [0.2, 0.25) is 0 Å². The predicted octanol–water partition coefficient (Wildman–Crippen LogP) is 2.18. The van der Waals surface area contributed by atoms with Gasteiger partial charge in [0.2, 0.25) is 0 Å². The number of amides is 1. The van der Waals surface area contributed by atoms with Gasteiger partial charge in [-0.1, -0.05) is 0 Å². The van der Waals surface area contributed by atoms with E-state index in [-0.39, 0.29) is 17.5 Å². The van der Waals surface area contributed by atoms with Crippen LogP contribution in [0.4, 0.5) is 0 Å². The van der Waals surface area contributed by atoms with E-state index in [0.29, 0.717) is 11.5 Å². The number of nitrogens with zero attached hydrogens (tertiary/aromatic N) is 2. The van der Waals surface area contributed by atoms with Crippen molar-refractivity contribution in [2.24, 2.45) is 7.05 Å². The van der Waals surface area contributed by atoms with Crippen LogP contribution in [-0.2, 0) is 13.5 Å². The molecule has 0 saturated carbocycles. The van der Waals surface area contributed by atoms with Gasteiger partial charge in [0.1, 0.15) is 11.3 Å². The Morgan fingerprint density at radius 3 is 3.04 bits per heavy atom. The summed E-state index contributed by atoms with van der Waals surface area (Å²) in [4.78, 5) is 27.6. The largest absolute Gasteiger partial charge is 0.463 e. The maximum Gasteiger partial charge on any atom is 0.261 e. The topological polar surface area (TPSA) is 92.9 Å². The third-order valence-electron chi connectivity index (χ3n) is 4.62. The van der Waals surface area contributed by atoms with Crippen LogP contribution in [0.25, 0.3) is 11.5 Å². The van der Waals surface area contributed by atoms with Gasteiger partial charge < -0.3 is 14.7 Å². The first-order chi connectivity index (χ1) is 12.1. The molecule has 4 rings (SSSR count). The molecule has 0 unspecified atom stereocenters. The van der Waals surface area contributed by atoms with Gasteiger partial charge in [-0.2, -0.15) is 5.10 Å². The average molecular weight is 338 g/mol. The Labute approximate surface area is 143 Å². The number of carbonyl (C=O) groups excluding carboxylic acids is 1. The van der Waals surface area contributed by atoms with Crippen molar-refractivity contribution in [1.29, 1.82) is 0 Å². The van der Waals surface area contributed by atoms with E-state index in [4.69, 9.17) is 4.42 Å². The Bertz CT molecular complexity index is 969. The van der Waals surface area contributed by atoms with E-state index in [1.165, 1.54) is 12.3 Å².